The van der Waals surface area contributed by atoms with E-state index in [0.29, 0.717) is 5.56 Å². The Morgan fingerprint density at radius 1 is 1.35 bits per heavy atom. The van der Waals surface area contributed by atoms with E-state index in [9.17, 15) is 18.7 Å². The molecule has 0 aliphatic heterocycles. The van der Waals surface area contributed by atoms with Gasteiger partial charge < -0.3 is 14.6 Å². The third kappa shape index (κ3) is 6.81. The molecule has 1 rings (SSSR count). The summed E-state index contributed by atoms with van der Waals surface area (Å²) in [5.74, 6) is 0.0123. The zero-order valence-electron chi connectivity index (χ0n) is 13.8. The van der Waals surface area contributed by atoms with Gasteiger partial charge >= 0.3 is 12.7 Å². The van der Waals surface area contributed by atoms with Gasteiger partial charge in [-0.1, -0.05) is 12.1 Å². The highest BCUT2D eigenvalue weighted by Crippen LogP contribution is 2.19. The summed E-state index contributed by atoms with van der Waals surface area (Å²) in [6, 6.07) is 5.59. The zero-order valence-corrected chi connectivity index (χ0v) is 13.8. The maximum Gasteiger partial charge on any atom is 0.410 e. The Bertz CT molecular complexity index is 517. The van der Waals surface area contributed by atoms with E-state index in [1.807, 2.05) is 0 Å². The molecule has 0 fully saturated rings. The fraction of sp³-hybridized carbons (Fsp3) is 0.562. The molecular formula is C16H23F2NO4. The first-order chi connectivity index (χ1) is 10.6. The van der Waals surface area contributed by atoms with Crippen LogP contribution in [0.5, 0.6) is 5.75 Å². The van der Waals surface area contributed by atoms with Crippen LogP contribution in [0.3, 0.4) is 0 Å². The number of halogens is 2. The minimum atomic E-state index is -2.91. The standard InChI is InChI=1S/C16H23F2NO4/c1-11(10-20)19(15(21)23-16(2,3)4)9-12-6-5-7-13(8-12)22-14(17)18/h5-8,11,14,20H,9-10H2,1-4H3. The largest absolute Gasteiger partial charge is 0.444 e. The molecular weight excluding hydrogens is 308 g/mol. The van der Waals surface area contributed by atoms with Crippen molar-refractivity contribution in [3.63, 3.8) is 0 Å². The number of hydrogen-bond acceptors (Lipinski definition) is 4. The van der Waals surface area contributed by atoms with Crippen LogP contribution in [0.1, 0.15) is 33.3 Å². The molecule has 0 spiro atoms. The highest BCUT2D eigenvalue weighted by molar-refractivity contribution is 5.68. The van der Waals surface area contributed by atoms with Crippen LogP contribution in [-0.4, -0.2) is 41.0 Å². The summed E-state index contributed by atoms with van der Waals surface area (Å²) in [4.78, 5) is 13.6. The molecule has 0 saturated carbocycles. The Morgan fingerprint density at radius 3 is 2.52 bits per heavy atom. The van der Waals surface area contributed by atoms with Crippen molar-refractivity contribution in [3.05, 3.63) is 29.8 Å². The lowest BCUT2D eigenvalue weighted by atomic mass is 10.1. The third-order valence-electron chi connectivity index (χ3n) is 2.90. The van der Waals surface area contributed by atoms with Crippen LogP contribution in [0.2, 0.25) is 0 Å². The lowest BCUT2D eigenvalue weighted by molar-refractivity contribution is -0.0499. The van der Waals surface area contributed by atoms with Crippen molar-refractivity contribution in [2.45, 2.75) is 52.5 Å². The van der Waals surface area contributed by atoms with Gasteiger partial charge in [0.1, 0.15) is 11.4 Å². The normalized spacial score (nSPS) is 12.9. The van der Waals surface area contributed by atoms with Crippen molar-refractivity contribution in [2.75, 3.05) is 6.61 Å². The van der Waals surface area contributed by atoms with Crippen LogP contribution in [0.4, 0.5) is 13.6 Å². The second-order valence-corrected chi connectivity index (χ2v) is 6.17. The van der Waals surface area contributed by atoms with Gasteiger partial charge in [0.25, 0.3) is 0 Å². The number of aliphatic hydroxyl groups is 1. The van der Waals surface area contributed by atoms with Gasteiger partial charge in [-0.3, -0.25) is 4.90 Å². The van der Waals surface area contributed by atoms with Crippen LogP contribution in [0.25, 0.3) is 0 Å². The maximum absolute atomic E-state index is 12.3. The number of alkyl halides is 2. The molecule has 0 bridgehead atoms. The van der Waals surface area contributed by atoms with Gasteiger partial charge in [0, 0.05) is 6.54 Å². The molecule has 23 heavy (non-hydrogen) atoms. The van der Waals surface area contributed by atoms with E-state index in [1.54, 1.807) is 39.8 Å². The van der Waals surface area contributed by atoms with Crippen LogP contribution >= 0.6 is 0 Å². The first-order valence-electron chi connectivity index (χ1n) is 7.26. The number of benzene rings is 1. The Balaban J connectivity index is 2.91. The molecule has 1 unspecified atom stereocenters. The smallest absolute Gasteiger partial charge is 0.410 e. The molecule has 0 aliphatic rings. The summed E-state index contributed by atoms with van der Waals surface area (Å²) in [6.07, 6.45) is -0.584. The fourth-order valence-corrected chi connectivity index (χ4v) is 1.84. The molecule has 1 atom stereocenters. The fourth-order valence-electron chi connectivity index (χ4n) is 1.84. The number of aliphatic hydroxyl groups excluding tert-OH is 1. The van der Waals surface area contributed by atoms with Gasteiger partial charge in [-0.15, -0.1) is 0 Å². The van der Waals surface area contributed by atoms with E-state index in [0.717, 1.165) is 0 Å². The van der Waals surface area contributed by atoms with Crippen molar-refractivity contribution in [3.8, 4) is 5.75 Å². The van der Waals surface area contributed by atoms with Gasteiger partial charge in [-0.25, -0.2) is 4.79 Å². The molecule has 1 aromatic carbocycles. The molecule has 0 radical (unpaired) electrons. The summed E-state index contributed by atoms with van der Waals surface area (Å²) < 4.78 is 34.2. The molecule has 1 N–H and O–H groups in total. The van der Waals surface area contributed by atoms with Crippen molar-refractivity contribution in [1.29, 1.82) is 0 Å². The molecule has 5 nitrogen and oxygen atoms in total. The minimum absolute atomic E-state index is 0.0123. The summed E-state index contributed by atoms with van der Waals surface area (Å²) in [5, 5.41) is 9.33. The van der Waals surface area contributed by atoms with Gasteiger partial charge in [0.05, 0.1) is 12.6 Å². The average Bonchev–Trinajstić information content (AvgIpc) is 2.41. The third-order valence-corrected chi connectivity index (χ3v) is 2.90. The van der Waals surface area contributed by atoms with Gasteiger partial charge in [-0.05, 0) is 45.4 Å². The molecule has 7 heteroatoms. The molecule has 0 aromatic heterocycles. The first kappa shape index (κ1) is 19.2. The predicted molar refractivity (Wildman–Crippen MR) is 81.4 cm³/mol. The van der Waals surface area contributed by atoms with Gasteiger partial charge in [0.2, 0.25) is 0 Å². The average molecular weight is 331 g/mol. The summed E-state index contributed by atoms with van der Waals surface area (Å²) in [6.45, 7) is 3.84. The second kappa shape index (κ2) is 8.10. The Labute approximate surface area is 134 Å². The summed E-state index contributed by atoms with van der Waals surface area (Å²) in [7, 11) is 0. The highest BCUT2D eigenvalue weighted by Gasteiger charge is 2.26. The van der Waals surface area contributed by atoms with E-state index >= 15 is 0 Å². The number of carbonyl (C=O) groups excluding carboxylic acids is 1. The quantitative estimate of drug-likeness (QED) is 0.868. The minimum Gasteiger partial charge on any atom is -0.444 e. The SMILES string of the molecule is CC(CO)N(Cc1cccc(OC(F)F)c1)C(=O)OC(C)(C)C. The monoisotopic (exact) mass is 331 g/mol. The number of carbonyl (C=O) groups is 1. The van der Waals surface area contributed by atoms with Crippen molar-refractivity contribution < 1.29 is 28.2 Å². The molecule has 0 heterocycles. The topological polar surface area (TPSA) is 59.0 Å². The number of ether oxygens (including phenoxy) is 2. The molecule has 1 amide bonds. The Kier molecular flexibility index (Phi) is 6.75. The molecule has 0 saturated heterocycles. The number of nitrogens with zero attached hydrogens (tertiary/aromatic N) is 1. The van der Waals surface area contributed by atoms with E-state index in [2.05, 4.69) is 4.74 Å². The van der Waals surface area contributed by atoms with Crippen LogP contribution in [0.15, 0.2) is 24.3 Å². The van der Waals surface area contributed by atoms with Crippen molar-refractivity contribution in [2.24, 2.45) is 0 Å². The van der Waals surface area contributed by atoms with E-state index in [1.165, 1.54) is 17.0 Å². The molecule has 130 valence electrons. The van der Waals surface area contributed by atoms with Crippen molar-refractivity contribution >= 4 is 6.09 Å². The highest BCUT2D eigenvalue weighted by atomic mass is 19.3. The first-order valence-corrected chi connectivity index (χ1v) is 7.26. The van der Waals surface area contributed by atoms with E-state index in [-0.39, 0.29) is 18.9 Å². The van der Waals surface area contributed by atoms with Crippen LogP contribution in [0, 0.1) is 0 Å². The summed E-state index contributed by atoms with van der Waals surface area (Å²) >= 11 is 0. The van der Waals surface area contributed by atoms with Crippen LogP contribution < -0.4 is 4.74 Å². The van der Waals surface area contributed by atoms with Crippen molar-refractivity contribution in [1.82, 2.24) is 4.90 Å². The van der Waals surface area contributed by atoms with Gasteiger partial charge in [-0.2, -0.15) is 8.78 Å². The Hall–Kier alpha value is -1.89. The second-order valence-electron chi connectivity index (χ2n) is 6.17. The lowest BCUT2D eigenvalue weighted by Gasteiger charge is -2.31. The number of rotatable bonds is 6. The van der Waals surface area contributed by atoms with E-state index in [4.69, 9.17) is 4.74 Å². The summed E-state index contributed by atoms with van der Waals surface area (Å²) in [5.41, 5.74) is -0.0835. The zero-order chi connectivity index (χ0) is 17.6. The number of hydrogen-bond donors (Lipinski definition) is 1. The van der Waals surface area contributed by atoms with Gasteiger partial charge in [0.15, 0.2) is 0 Å². The Morgan fingerprint density at radius 2 is 2.00 bits per heavy atom. The number of amides is 1. The lowest BCUT2D eigenvalue weighted by Crippen LogP contribution is -2.43. The predicted octanol–water partition coefficient (Wildman–Crippen LogP) is 3.41. The van der Waals surface area contributed by atoms with Crippen LogP contribution in [-0.2, 0) is 11.3 Å². The molecule has 1 aromatic rings. The van der Waals surface area contributed by atoms with E-state index < -0.39 is 24.3 Å². The maximum atomic E-state index is 12.3. The molecule has 0 aliphatic carbocycles.